The molecule has 1 aliphatic heterocycles. The lowest BCUT2D eigenvalue weighted by Gasteiger charge is -2.34. The number of β-amino-alcohol motifs (C(OH)–C–C–N with tert-alkyl or cyclic N) is 1. The van der Waals surface area contributed by atoms with Crippen molar-refractivity contribution >= 4 is 35.1 Å². The Balaban J connectivity index is 1.88. The van der Waals surface area contributed by atoms with Crippen molar-refractivity contribution in [1.29, 1.82) is 0 Å². The van der Waals surface area contributed by atoms with Gasteiger partial charge in [0.1, 0.15) is 6.54 Å². The molecular formula is C22H24Cl2N2O4. The van der Waals surface area contributed by atoms with E-state index in [9.17, 15) is 19.8 Å². The molecule has 0 radical (unpaired) electrons. The summed E-state index contributed by atoms with van der Waals surface area (Å²) in [5.74, 6) is -1.40. The number of carbonyl (C=O) groups excluding carboxylic acids is 1. The minimum Gasteiger partial charge on any atom is -0.480 e. The smallest absolute Gasteiger partial charge is 0.323 e. The summed E-state index contributed by atoms with van der Waals surface area (Å²) in [5, 5.41) is 20.1. The zero-order valence-electron chi connectivity index (χ0n) is 16.4. The van der Waals surface area contributed by atoms with Gasteiger partial charge >= 0.3 is 5.97 Å². The summed E-state index contributed by atoms with van der Waals surface area (Å²) in [4.78, 5) is 28.3. The first-order chi connectivity index (χ1) is 14.3. The van der Waals surface area contributed by atoms with Crippen LogP contribution in [0.15, 0.2) is 48.5 Å². The van der Waals surface area contributed by atoms with Crippen molar-refractivity contribution in [1.82, 2.24) is 9.80 Å². The summed E-state index contributed by atoms with van der Waals surface area (Å²) in [6, 6.07) is 13.9. The van der Waals surface area contributed by atoms with Gasteiger partial charge in [0.25, 0.3) is 0 Å². The third kappa shape index (κ3) is 5.95. The van der Waals surface area contributed by atoms with Crippen LogP contribution in [0.4, 0.5) is 0 Å². The number of carbonyl (C=O) groups is 2. The molecule has 1 fully saturated rings. The Morgan fingerprint density at radius 3 is 2.47 bits per heavy atom. The maximum Gasteiger partial charge on any atom is 0.323 e. The predicted molar refractivity (Wildman–Crippen MR) is 116 cm³/mol. The number of hydrogen-bond acceptors (Lipinski definition) is 4. The maximum absolute atomic E-state index is 13.2. The van der Waals surface area contributed by atoms with E-state index in [0.717, 1.165) is 5.56 Å². The topological polar surface area (TPSA) is 81.1 Å². The Kier molecular flexibility index (Phi) is 7.72. The van der Waals surface area contributed by atoms with Gasteiger partial charge in [-0.3, -0.25) is 14.5 Å². The number of carboxylic acid groups (broad SMARTS) is 1. The molecule has 2 atom stereocenters. The number of aliphatic hydroxyl groups excluding tert-OH is 1. The summed E-state index contributed by atoms with van der Waals surface area (Å²) in [5.41, 5.74) is 1.51. The van der Waals surface area contributed by atoms with Crippen LogP contribution >= 0.6 is 23.2 Å². The zero-order chi connectivity index (χ0) is 21.7. The molecule has 1 heterocycles. The van der Waals surface area contributed by atoms with E-state index in [4.69, 9.17) is 23.2 Å². The zero-order valence-corrected chi connectivity index (χ0v) is 17.9. The lowest BCUT2D eigenvalue weighted by Crippen LogP contribution is -2.44. The Morgan fingerprint density at radius 1 is 1.13 bits per heavy atom. The van der Waals surface area contributed by atoms with Crippen LogP contribution in [0.3, 0.4) is 0 Å². The third-order valence-electron chi connectivity index (χ3n) is 5.20. The van der Waals surface area contributed by atoms with Crippen LogP contribution in [0.25, 0.3) is 0 Å². The Labute approximate surface area is 185 Å². The van der Waals surface area contributed by atoms with Gasteiger partial charge in [0, 0.05) is 19.6 Å². The lowest BCUT2D eigenvalue weighted by atomic mass is 10.0. The molecule has 2 aromatic carbocycles. The monoisotopic (exact) mass is 450 g/mol. The highest BCUT2D eigenvalue weighted by Crippen LogP contribution is 2.27. The second kappa shape index (κ2) is 10.3. The lowest BCUT2D eigenvalue weighted by molar-refractivity contribution is -0.146. The maximum atomic E-state index is 13.2. The molecule has 1 saturated heterocycles. The van der Waals surface area contributed by atoms with Crippen molar-refractivity contribution in [3.8, 4) is 0 Å². The van der Waals surface area contributed by atoms with Crippen molar-refractivity contribution in [2.24, 2.45) is 0 Å². The number of likely N-dealkylation sites (tertiary alicyclic amines) is 1. The molecule has 0 spiro atoms. The van der Waals surface area contributed by atoms with Gasteiger partial charge in [-0.1, -0.05) is 59.6 Å². The van der Waals surface area contributed by atoms with Crippen LogP contribution in [-0.4, -0.2) is 64.2 Å². The fourth-order valence-electron chi connectivity index (χ4n) is 3.73. The minimum atomic E-state index is -1.08. The van der Waals surface area contributed by atoms with Crippen molar-refractivity contribution in [3.05, 3.63) is 69.7 Å². The molecule has 0 aliphatic carbocycles. The normalized spacial score (nSPS) is 17.6. The van der Waals surface area contributed by atoms with Crippen molar-refractivity contribution in [3.63, 3.8) is 0 Å². The summed E-state index contributed by atoms with van der Waals surface area (Å²) in [6.45, 7) is 1.23. The fourth-order valence-corrected chi connectivity index (χ4v) is 4.05. The summed E-state index contributed by atoms with van der Waals surface area (Å²) in [6.07, 6.45) is 0.273. The van der Waals surface area contributed by atoms with Gasteiger partial charge in [-0.25, -0.2) is 0 Å². The van der Waals surface area contributed by atoms with Gasteiger partial charge in [0.05, 0.1) is 28.6 Å². The molecule has 2 N–H and O–H groups in total. The largest absolute Gasteiger partial charge is 0.480 e. The molecule has 160 valence electrons. The van der Waals surface area contributed by atoms with E-state index >= 15 is 0 Å². The second-order valence-electron chi connectivity index (χ2n) is 7.47. The van der Waals surface area contributed by atoms with E-state index in [2.05, 4.69) is 4.90 Å². The highest BCUT2D eigenvalue weighted by atomic mass is 35.5. The number of aliphatic hydroxyl groups is 1. The van der Waals surface area contributed by atoms with Crippen LogP contribution in [-0.2, 0) is 16.0 Å². The van der Waals surface area contributed by atoms with Crippen LogP contribution < -0.4 is 0 Å². The van der Waals surface area contributed by atoms with Gasteiger partial charge in [0.15, 0.2) is 0 Å². The van der Waals surface area contributed by atoms with Crippen LogP contribution in [0.5, 0.6) is 0 Å². The van der Waals surface area contributed by atoms with Gasteiger partial charge in [-0.15, -0.1) is 0 Å². The van der Waals surface area contributed by atoms with Crippen LogP contribution in [0.2, 0.25) is 10.0 Å². The highest BCUT2D eigenvalue weighted by Gasteiger charge is 2.31. The molecule has 1 aliphatic rings. The van der Waals surface area contributed by atoms with Crippen molar-refractivity contribution in [2.75, 3.05) is 26.2 Å². The molecule has 0 bridgehead atoms. The number of hydrogen-bond donors (Lipinski definition) is 2. The minimum absolute atomic E-state index is 0.0100. The summed E-state index contributed by atoms with van der Waals surface area (Å²) in [7, 11) is 0. The SMILES string of the molecule is O=C(O)CN(C(=O)Cc1ccc(Cl)c(Cl)c1)[C@H](CN1CC[C@H](O)C1)c1ccccc1. The van der Waals surface area contributed by atoms with Gasteiger partial charge in [0.2, 0.25) is 5.91 Å². The molecular weight excluding hydrogens is 427 g/mol. The molecule has 6 nitrogen and oxygen atoms in total. The number of halogens is 2. The van der Waals surface area contributed by atoms with E-state index in [-0.39, 0.29) is 12.3 Å². The van der Waals surface area contributed by atoms with E-state index in [1.807, 2.05) is 30.3 Å². The van der Waals surface area contributed by atoms with Crippen molar-refractivity contribution < 1.29 is 19.8 Å². The number of carboxylic acids is 1. The Bertz CT molecular complexity index is 894. The van der Waals surface area contributed by atoms with Gasteiger partial charge in [-0.05, 0) is 29.7 Å². The van der Waals surface area contributed by atoms with Gasteiger partial charge in [-0.2, -0.15) is 0 Å². The quantitative estimate of drug-likeness (QED) is 0.644. The number of amides is 1. The third-order valence-corrected chi connectivity index (χ3v) is 5.94. The number of benzene rings is 2. The van der Waals surface area contributed by atoms with Crippen molar-refractivity contribution in [2.45, 2.75) is 25.0 Å². The highest BCUT2D eigenvalue weighted by molar-refractivity contribution is 6.42. The standard InChI is InChI=1S/C22H24Cl2N2O4/c23-18-7-6-15(10-19(18)24)11-21(28)26(14-22(29)30)20(16-4-2-1-3-5-16)13-25-9-8-17(27)12-25/h1-7,10,17,20,27H,8-9,11-14H2,(H,29,30)/t17-,20+/m0/s1. The Morgan fingerprint density at radius 2 is 1.87 bits per heavy atom. The summed E-state index contributed by atoms with van der Waals surface area (Å²) >= 11 is 12.0. The van der Waals surface area contributed by atoms with Crippen LogP contribution in [0, 0.1) is 0 Å². The number of aliphatic carboxylic acids is 1. The van der Waals surface area contributed by atoms with Crippen LogP contribution in [0.1, 0.15) is 23.6 Å². The molecule has 3 rings (SSSR count). The second-order valence-corrected chi connectivity index (χ2v) is 8.28. The van der Waals surface area contributed by atoms with Gasteiger partial charge < -0.3 is 15.1 Å². The molecule has 8 heteroatoms. The van der Waals surface area contributed by atoms with E-state index in [0.29, 0.717) is 41.7 Å². The van der Waals surface area contributed by atoms with E-state index in [1.165, 1.54) is 4.90 Å². The van der Waals surface area contributed by atoms with E-state index in [1.54, 1.807) is 18.2 Å². The molecule has 0 saturated carbocycles. The Hall–Kier alpha value is -2.12. The molecule has 1 amide bonds. The fraction of sp³-hybridized carbons (Fsp3) is 0.364. The summed E-state index contributed by atoms with van der Waals surface area (Å²) < 4.78 is 0. The van der Waals surface area contributed by atoms with E-state index < -0.39 is 24.7 Å². The first-order valence-corrected chi connectivity index (χ1v) is 10.5. The molecule has 0 aromatic heterocycles. The molecule has 2 aromatic rings. The first kappa shape index (κ1) is 22.6. The molecule has 30 heavy (non-hydrogen) atoms. The first-order valence-electron chi connectivity index (χ1n) is 9.74. The average molecular weight is 451 g/mol. The number of nitrogens with zero attached hydrogens (tertiary/aromatic N) is 2. The molecule has 0 unspecified atom stereocenters. The number of rotatable bonds is 8. The average Bonchev–Trinajstić information content (AvgIpc) is 3.12. The predicted octanol–water partition coefficient (Wildman–Crippen LogP) is 3.26.